The molecule has 11 heteroatoms. The number of rotatable bonds is 87. The average molecular weight is 1530 g/mol. The minimum Gasteiger partial charge on any atom is -0.491 e. The van der Waals surface area contributed by atoms with Crippen LogP contribution >= 0.6 is 0 Å². The molecular weight excluding hydrogens is 1340 g/mol. The SMILES string of the molecule is C=C(C)C(=O)O[Si](CCCCCCCC)(CCCCCCCC)O[Si](CCCCCCCC)(CCCCCCCC)O[Si](CCCCCCCC)(CCCCCCCC)O[Si](CCCCCCCC)(CCCCCCCC)O[Si](CCCCCCCC)(CCCCCCCC)CCCCCCCC. The molecule has 0 N–H and O–H groups in total. The Kier molecular flexibility index (Phi) is 75.0. The minimum absolute atomic E-state index is 0.204. The molecule has 0 bridgehead atoms. The zero-order valence-electron chi connectivity index (χ0n) is 73.1. The summed E-state index contributed by atoms with van der Waals surface area (Å²) in [7, 11) is -15.5. The van der Waals surface area contributed by atoms with Crippen LogP contribution in [0.15, 0.2) is 12.2 Å². The molecule has 0 aromatic heterocycles. The fourth-order valence-electron chi connectivity index (χ4n) is 16.7. The number of carbonyl (C=O) groups is 1. The highest BCUT2D eigenvalue weighted by Gasteiger charge is 2.58. The Hall–Kier alpha value is 0.134. The number of carbonyl (C=O) groups excluding carboxylic acids is 1. The average Bonchev–Trinajstić information content (AvgIpc) is 0.790. The number of hydrogen-bond acceptors (Lipinski definition) is 6. The first kappa shape index (κ1) is 103. The number of unbranched alkanes of at least 4 members (excludes halogenated alkanes) is 55. The monoisotopic (exact) mass is 1530 g/mol. The summed E-state index contributed by atoms with van der Waals surface area (Å²) in [6.45, 7) is 32.4. The standard InChI is InChI=1S/C92H192O6Si5/c1-14-25-36-47-58-69-80-99(81-70-59-48-37-26-15-2,82-71-60-49-38-27-16-3)95-101(85-74-63-52-41-30-19-6,86-75-64-53-42-31-20-7)97-103(89-78-67-56-45-34-23-10,90-79-68-57-46-35-24-11)98-102(87-76-65-54-43-32-21-8,88-77-66-55-44-33-22-9)96-100(94-92(93)91(12)13,83-72-61-50-39-28-17-4)84-73-62-51-40-29-18-5/h12,14-90H2,1-11,13H3. The minimum atomic E-state index is -3.34. The lowest BCUT2D eigenvalue weighted by molar-refractivity contribution is -0.132. The van der Waals surface area contributed by atoms with Crippen LogP contribution in [0.3, 0.4) is 0 Å². The summed E-state index contributed by atoms with van der Waals surface area (Å²) >= 11 is 0. The van der Waals surface area contributed by atoms with Crippen molar-refractivity contribution in [3.05, 3.63) is 12.2 Å². The van der Waals surface area contributed by atoms with E-state index in [9.17, 15) is 17.1 Å². The Morgan fingerprint density at radius 1 is 0.194 bits per heavy atom. The van der Waals surface area contributed by atoms with Crippen LogP contribution in [0.1, 0.15) is 507 Å². The van der Waals surface area contributed by atoms with Crippen molar-refractivity contribution in [3.8, 4) is 0 Å². The maximum Gasteiger partial charge on any atom is 0.393 e. The van der Waals surface area contributed by atoms with Gasteiger partial charge < -0.3 is 20.9 Å². The van der Waals surface area contributed by atoms with Crippen LogP contribution in [0.25, 0.3) is 0 Å². The second kappa shape index (κ2) is 74.9. The van der Waals surface area contributed by atoms with Gasteiger partial charge in [-0.15, -0.1) is 0 Å². The van der Waals surface area contributed by atoms with Crippen molar-refractivity contribution in [2.75, 3.05) is 0 Å². The van der Waals surface area contributed by atoms with Gasteiger partial charge in [0.15, 0.2) is 8.32 Å². The van der Waals surface area contributed by atoms with Crippen molar-refractivity contribution in [1.82, 2.24) is 0 Å². The van der Waals surface area contributed by atoms with Crippen LogP contribution in [0.2, 0.25) is 66.5 Å². The fourth-order valence-corrected chi connectivity index (χ4v) is 48.2. The smallest absolute Gasteiger partial charge is 0.393 e. The summed E-state index contributed by atoms with van der Waals surface area (Å²) in [4.78, 5) is 15.0. The van der Waals surface area contributed by atoms with Crippen molar-refractivity contribution in [3.63, 3.8) is 0 Å². The zero-order valence-corrected chi connectivity index (χ0v) is 78.1. The third-order valence-corrected chi connectivity index (χ3v) is 48.8. The van der Waals surface area contributed by atoms with Gasteiger partial charge in [-0.05, 0) is 61.3 Å². The van der Waals surface area contributed by atoms with Crippen LogP contribution in [0.5, 0.6) is 0 Å². The molecule has 0 aliphatic carbocycles. The van der Waals surface area contributed by atoms with Crippen LogP contribution in [0, 0.1) is 0 Å². The first-order valence-corrected chi connectivity index (χ1v) is 59.5. The second-order valence-electron chi connectivity index (χ2n) is 34.1. The largest absolute Gasteiger partial charge is 0.491 e. The maximum absolute atomic E-state index is 15.0. The van der Waals surface area contributed by atoms with Crippen LogP contribution in [0.4, 0.5) is 0 Å². The van der Waals surface area contributed by atoms with E-state index in [2.05, 4.69) is 82.7 Å². The lowest BCUT2D eigenvalue weighted by Gasteiger charge is -2.50. The second-order valence-corrected chi connectivity index (χ2v) is 52.7. The van der Waals surface area contributed by atoms with E-state index in [-0.39, 0.29) is 5.97 Å². The molecule has 0 saturated heterocycles. The van der Waals surface area contributed by atoms with Gasteiger partial charge in [-0.2, -0.15) is 0 Å². The summed E-state index contributed by atoms with van der Waals surface area (Å²) in [5, 5.41) is 0. The Balaban J connectivity index is 10.0. The molecule has 0 heterocycles. The van der Waals surface area contributed by atoms with Crippen molar-refractivity contribution in [2.24, 2.45) is 0 Å². The fraction of sp³-hybridized carbons (Fsp3) is 0.967. The van der Waals surface area contributed by atoms with Gasteiger partial charge in [0, 0.05) is 17.7 Å². The van der Waals surface area contributed by atoms with Gasteiger partial charge in [-0.1, -0.05) is 507 Å². The molecule has 6 nitrogen and oxygen atoms in total. The first-order chi connectivity index (χ1) is 50.3. The van der Waals surface area contributed by atoms with Crippen LogP contribution in [-0.4, -0.2) is 48.5 Å². The van der Waals surface area contributed by atoms with E-state index in [0.29, 0.717) is 5.57 Å². The van der Waals surface area contributed by atoms with E-state index < -0.39 is 42.6 Å². The van der Waals surface area contributed by atoms with E-state index >= 15 is 0 Å². The molecule has 0 spiro atoms. The Bertz CT molecular complexity index is 1660. The van der Waals surface area contributed by atoms with Crippen molar-refractivity contribution in [1.29, 1.82) is 0 Å². The van der Waals surface area contributed by atoms with Gasteiger partial charge in [0.2, 0.25) is 0 Å². The van der Waals surface area contributed by atoms with Crippen molar-refractivity contribution < 1.29 is 25.7 Å². The molecule has 103 heavy (non-hydrogen) atoms. The summed E-state index contributed by atoms with van der Waals surface area (Å²) in [5.41, 5.74) is 0.525. The number of hydrogen-bond donors (Lipinski definition) is 0. The highest BCUT2D eigenvalue weighted by atomic mass is 28.5. The highest BCUT2D eigenvalue weighted by Crippen LogP contribution is 2.46. The molecule has 0 aromatic rings. The molecule has 0 amide bonds. The Morgan fingerprint density at radius 3 is 0.505 bits per heavy atom. The predicted molar refractivity (Wildman–Crippen MR) is 474 cm³/mol. The molecule has 0 unspecified atom stereocenters. The summed E-state index contributed by atoms with van der Waals surface area (Å²) in [6.07, 6.45) is 84.8. The van der Waals surface area contributed by atoms with Crippen LogP contribution in [-0.2, 0) is 25.7 Å². The first-order valence-electron chi connectivity index (χ1n) is 48.0. The Morgan fingerprint density at radius 2 is 0.330 bits per heavy atom. The highest BCUT2D eigenvalue weighted by molar-refractivity contribution is 6.92. The molecule has 0 aliphatic rings. The molecule has 0 aliphatic heterocycles. The van der Waals surface area contributed by atoms with Gasteiger partial charge >= 0.3 is 40.2 Å². The molecule has 0 fully saturated rings. The normalized spacial score (nSPS) is 12.6. The lowest BCUT2D eigenvalue weighted by atomic mass is 10.1. The van der Waals surface area contributed by atoms with E-state index in [1.165, 1.54) is 416 Å². The zero-order chi connectivity index (χ0) is 75.6. The van der Waals surface area contributed by atoms with Gasteiger partial charge in [-0.25, -0.2) is 4.79 Å². The Labute approximate surface area is 655 Å². The maximum atomic E-state index is 15.0. The third kappa shape index (κ3) is 58.7. The molecule has 0 atom stereocenters. The molecule has 0 saturated carbocycles. The molecule has 616 valence electrons. The summed E-state index contributed by atoms with van der Waals surface area (Å²) < 4.78 is 44.5. The van der Waals surface area contributed by atoms with E-state index in [1.807, 2.05) is 6.92 Å². The van der Waals surface area contributed by atoms with Gasteiger partial charge in [-0.3, -0.25) is 0 Å². The third-order valence-electron chi connectivity index (χ3n) is 23.4. The quantitative estimate of drug-likeness (QED) is 0.0344. The van der Waals surface area contributed by atoms with Gasteiger partial charge in [0.05, 0.1) is 0 Å². The van der Waals surface area contributed by atoms with Gasteiger partial charge in [0.25, 0.3) is 0 Å². The van der Waals surface area contributed by atoms with E-state index in [0.717, 1.165) is 74.0 Å². The summed E-state index contributed by atoms with van der Waals surface area (Å²) in [5.74, 6) is -0.204. The lowest BCUT2D eigenvalue weighted by Crippen LogP contribution is -2.65. The van der Waals surface area contributed by atoms with Gasteiger partial charge in [0.1, 0.15) is 0 Å². The van der Waals surface area contributed by atoms with Crippen LogP contribution < -0.4 is 0 Å². The molecule has 0 aromatic carbocycles. The van der Waals surface area contributed by atoms with Crippen molar-refractivity contribution >= 4 is 48.5 Å². The molecule has 0 radical (unpaired) electrons. The molecule has 0 rings (SSSR count). The van der Waals surface area contributed by atoms with E-state index in [1.54, 1.807) is 0 Å². The van der Waals surface area contributed by atoms with E-state index in [4.69, 9.17) is 8.54 Å². The molecular formula is C92H192O6Si5. The summed E-state index contributed by atoms with van der Waals surface area (Å²) in [6, 6.07) is 12.2. The topological polar surface area (TPSA) is 63.2 Å². The van der Waals surface area contributed by atoms with Crippen molar-refractivity contribution in [2.45, 2.75) is 573 Å². The predicted octanol–water partition coefficient (Wildman–Crippen LogP) is 34.9.